The third kappa shape index (κ3) is 11.0. The van der Waals surface area contributed by atoms with Crippen molar-refractivity contribution in [2.45, 2.75) is 13.3 Å². The summed E-state index contributed by atoms with van der Waals surface area (Å²) in [7, 11) is 8.93. The first-order valence-electron chi connectivity index (χ1n) is 5.58. The molecule has 16 heavy (non-hydrogen) atoms. The molecule has 1 N–H and O–H groups in total. The topological polar surface area (TPSA) is 20.2 Å². The Morgan fingerprint density at radius 3 is 1.44 bits per heavy atom. The Morgan fingerprint density at radius 1 is 0.750 bits per heavy atom. The molecule has 0 aromatic carbocycles. The maximum absolute atomic E-state index is 8.91. The highest BCUT2D eigenvalue weighted by Gasteiger charge is 2.21. The molecule has 3 nitrogen and oxygen atoms in total. The van der Waals surface area contributed by atoms with E-state index in [9.17, 15) is 0 Å². The van der Waals surface area contributed by atoms with Gasteiger partial charge in [-0.3, -0.25) is 0 Å². The normalized spacial score (nSPS) is 11.6. The third-order valence-electron chi connectivity index (χ3n) is 2.84. The van der Waals surface area contributed by atoms with Crippen LogP contribution in [0.4, 0.5) is 0 Å². The zero-order chi connectivity index (χ0) is 11.2. The molecule has 0 amide bonds. The summed E-state index contributed by atoms with van der Waals surface area (Å²) in [5.74, 6) is 0. The van der Waals surface area contributed by atoms with E-state index >= 15 is 0 Å². The van der Waals surface area contributed by atoms with E-state index in [2.05, 4.69) is 35.1 Å². The van der Waals surface area contributed by atoms with Gasteiger partial charge in [-0.1, -0.05) is 6.92 Å². The van der Waals surface area contributed by atoms with Gasteiger partial charge >= 0.3 is 0 Å². The zero-order valence-electron chi connectivity index (χ0n) is 11.3. The van der Waals surface area contributed by atoms with E-state index in [1.807, 2.05) is 0 Å². The van der Waals surface area contributed by atoms with Gasteiger partial charge in [0.1, 0.15) is 19.6 Å². The van der Waals surface area contributed by atoms with Crippen molar-refractivity contribution >= 4 is 0 Å². The second-order valence-corrected chi connectivity index (χ2v) is 5.49. The summed E-state index contributed by atoms with van der Waals surface area (Å²) in [5.41, 5.74) is 0. The highest BCUT2D eigenvalue weighted by atomic mass is 35.5. The lowest BCUT2D eigenvalue weighted by Crippen LogP contribution is -3.00. The van der Waals surface area contributed by atoms with Gasteiger partial charge in [-0.25, -0.2) is 0 Å². The van der Waals surface area contributed by atoms with Gasteiger partial charge in [0.25, 0.3) is 0 Å². The van der Waals surface area contributed by atoms with E-state index in [0.29, 0.717) is 0 Å². The lowest BCUT2D eigenvalue weighted by molar-refractivity contribution is -0.946. The van der Waals surface area contributed by atoms with E-state index < -0.39 is 0 Å². The first kappa shape index (κ1) is 21.7. The molecular weight excluding hydrogens is 247 g/mol. The van der Waals surface area contributed by atoms with Gasteiger partial charge in [-0.05, 0) is 6.42 Å². The lowest BCUT2D eigenvalue weighted by atomic mass is 10.3. The molecule has 0 aromatic heterocycles. The Bertz CT molecular complexity index is 146. The maximum Gasteiger partial charge on any atom is 0.128 e. The number of nitrogens with zero attached hydrogens (tertiary/aromatic N) is 2. The van der Waals surface area contributed by atoms with Gasteiger partial charge in [-0.15, -0.1) is 0 Å². The average Bonchev–Trinajstić information content (AvgIpc) is 2.01. The number of likely N-dealkylation sites (N-methyl/N-ethyl adjacent to an activating group) is 2. The molecule has 0 heterocycles. The first-order chi connectivity index (χ1) is 6.33. The monoisotopic (exact) mass is 274 g/mol. The van der Waals surface area contributed by atoms with Crippen LogP contribution < -0.4 is 24.8 Å². The minimum atomic E-state index is 0. The summed E-state index contributed by atoms with van der Waals surface area (Å²) >= 11 is 0. The van der Waals surface area contributed by atoms with Crippen LogP contribution >= 0.6 is 0 Å². The van der Waals surface area contributed by atoms with E-state index in [1.54, 1.807) is 0 Å². The molecule has 0 aliphatic heterocycles. The van der Waals surface area contributed by atoms with Gasteiger partial charge in [0.05, 0.1) is 41.3 Å². The molecule has 0 unspecified atom stereocenters. The van der Waals surface area contributed by atoms with Crippen LogP contribution in [0.5, 0.6) is 0 Å². The van der Waals surface area contributed by atoms with Crippen molar-refractivity contribution in [3.63, 3.8) is 0 Å². The summed E-state index contributed by atoms with van der Waals surface area (Å²) in [6.07, 6.45) is 1.24. The van der Waals surface area contributed by atoms with Crippen molar-refractivity contribution in [1.29, 1.82) is 0 Å². The van der Waals surface area contributed by atoms with Crippen LogP contribution in [0.15, 0.2) is 0 Å². The Morgan fingerprint density at radius 2 is 1.12 bits per heavy atom. The lowest BCUT2D eigenvalue weighted by Gasteiger charge is -2.35. The van der Waals surface area contributed by atoms with Crippen LogP contribution in [0.3, 0.4) is 0 Å². The standard InChI is InChI=1S/C11H28N2O.2ClH/c1-6-7-12(2,3)8-9-13(4,5)10-11-14;;/h14H,6-11H2,1-5H3;2*1H/q+2;;/p-2. The molecular formula is C11H28Cl2N2O. The molecule has 0 saturated heterocycles. The fourth-order valence-electron chi connectivity index (χ4n) is 1.64. The number of aliphatic hydroxyl groups excluding tert-OH is 1. The van der Waals surface area contributed by atoms with Gasteiger partial charge in [0, 0.05) is 0 Å². The molecule has 102 valence electrons. The predicted molar refractivity (Wildman–Crippen MR) is 61.1 cm³/mol. The van der Waals surface area contributed by atoms with Gasteiger partial charge in [0.2, 0.25) is 0 Å². The molecule has 0 saturated carbocycles. The van der Waals surface area contributed by atoms with E-state index in [1.165, 1.54) is 19.5 Å². The third-order valence-corrected chi connectivity index (χ3v) is 2.84. The van der Waals surface area contributed by atoms with E-state index in [4.69, 9.17) is 5.11 Å². The molecule has 0 atom stereocenters. The second kappa shape index (κ2) is 9.49. The highest BCUT2D eigenvalue weighted by molar-refractivity contribution is 4.36. The molecule has 0 aliphatic rings. The molecule has 5 heteroatoms. The first-order valence-corrected chi connectivity index (χ1v) is 5.58. The van der Waals surface area contributed by atoms with Gasteiger partial charge in [0.15, 0.2) is 0 Å². The molecule has 0 bridgehead atoms. The Balaban J connectivity index is -0.000000845. The van der Waals surface area contributed by atoms with E-state index in [0.717, 1.165) is 22.1 Å². The van der Waals surface area contributed by atoms with Crippen LogP contribution in [-0.4, -0.2) is 75.0 Å². The van der Waals surface area contributed by atoms with Crippen molar-refractivity contribution in [1.82, 2.24) is 0 Å². The number of rotatable bonds is 7. The predicted octanol–water partition coefficient (Wildman–Crippen LogP) is -5.45. The second-order valence-electron chi connectivity index (χ2n) is 5.49. The molecule has 0 rings (SSSR count). The van der Waals surface area contributed by atoms with Crippen LogP contribution in [0.25, 0.3) is 0 Å². The Kier molecular flexibility index (Phi) is 12.9. The minimum absolute atomic E-state index is 0. The van der Waals surface area contributed by atoms with Crippen molar-refractivity contribution in [2.75, 3.05) is 61.0 Å². The number of quaternary nitrogens is 2. The summed E-state index contributed by atoms with van der Waals surface area (Å²) in [5, 5.41) is 8.91. The summed E-state index contributed by atoms with van der Waals surface area (Å²) < 4.78 is 2.01. The Hall–Kier alpha value is 0.460. The fraction of sp³-hybridized carbons (Fsp3) is 1.00. The van der Waals surface area contributed by atoms with Crippen molar-refractivity contribution < 1.29 is 38.9 Å². The molecule has 0 spiro atoms. The number of hydrogen-bond acceptors (Lipinski definition) is 1. The van der Waals surface area contributed by atoms with Crippen LogP contribution in [0.1, 0.15) is 13.3 Å². The van der Waals surface area contributed by atoms with Crippen LogP contribution in [0.2, 0.25) is 0 Å². The fourth-order valence-corrected chi connectivity index (χ4v) is 1.64. The Labute approximate surface area is 113 Å². The van der Waals surface area contributed by atoms with Gasteiger partial charge < -0.3 is 38.9 Å². The molecule has 0 aromatic rings. The van der Waals surface area contributed by atoms with Crippen molar-refractivity contribution in [3.05, 3.63) is 0 Å². The number of halogens is 2. The number of hydrogen-bond donors (Lipinski definition) is 1. The zero-order valence-corrected chi connectivity index (χ0v) is 12.9. The SMILES string of the molecule is CCC[N+](C)(C)CC[N+](C)(C)CCO.[Cl-].[Cl-]. The van der Waals surface area contributed by atoms with Crippen molar-refractivity contribution in [2.24, 2.45) is 0 Å². The van der Waals surface area contributed by atoms with E-state index in [-0.39, 0.29) is 31.4 Å². The van der Waals surface area contributed by atoms with Gasteiger partial charge in [-0.2, -0.15) is 0 Å². The smallest absolute Gasteiger partial charge is 0.128 e. The average molecular weight is 275 g/mol. The molecule has 0 aliphatic carbocycles. The van der Waals surface area contributed by atoms with Crippen molar-refractivity contribution in [3.8, 4) is 0 Å². The summed E-state index contributed by atoms with van der Waals surface area (Å²) in [6.45, 7) is 6.92. The number of aliphatic hydroxyl groups is 1. The summed E-state index contributed by atoms with van der Waals surface area (Å²) in [4.78, 5) is 0. The quantitative estimate of drug-likeness (QED) is 0.460. The highest BCUT2D eigenvalue weighted by Crippen LogP contribution is 2.03. The summed E-state index contributed by atoms with van der Waals surface area (Å²) in [6, 6.07) is 0. The molecule has 0 radical (unpaired) electrons. The minimum Gasteiger partial charge on any atom is -1.00 e. The maximum atomic E-state index is 8.91. The van der Waals surface area contributed by atoms with Crippen LogP contribution in [-0.2, 0) is 0 Å². The van der Waals surface area contributed by atoms with Crippen LogP contribution in [0, 0.1) is 0 Å². The largest absolute Gasteiger partial charge is 1.00 e. The molecule has 0 fully saturated rings.